The van der Waals surface area contributed by atoms with Crippen molar-refractivity contribution in [2.75, 3.05) is 11.9 Å². The zero-order valence-corrected chi connectivity index (χ0v) is 20.6. The Bertz CT molecular complexity index is 1550. The third-order valence-corrected chi connectivity index (χ3v) is 6.78. The number of amides is 3. The molecule has 5 rings (SSSR count). The van der Waals surface area contributed by atoms with Gasteiger partial charge in [0.15, 0.2) is 5.78 Å². The van der Waals surface area contributed by atoms with E-state index < -0.39 is 29.7 Å². The predicted molar refractivity (Wildman–Crippen MR) is 132 cm³/mol. The van der Waals surface area contributed by atoms with Gasteiger partial charge < -0.3 is 14.6 Å². The van der Waals surface area contributed by atoms with E-state index in [1.165, 1.54) is 48.5 Å². The molecule has 3 amide bonds. The van der Waals surface area contributed by atoms with Crippen LogP contribution >= 0.6 is 0 Å². The molecular formula is C28H21F3N4O4. The van der Waals surface area contributed by atoms with Crippen LogP contribution in [0.3, 0.4) is 0 Å². The van der Waals surface area contributed by atoms with Crippen molar-refractivity contribution in [3.8, 4) is 6.07 Å². The quantitative estimate of drug-likeness (QED) is 0.476. The van der Waals surface area contributed by atoms with Gasteiger partial charge in [-0.05, 0) is 54.4 Å². The van der Waals surface area contributed by atoms with Crippen molar-refractivity contribution in [2.24, 2.45) is 0 Å². The summed E-state index contributed by atoms with van der Waals surface area (Å²) in [7, 11) is 1.42. The number of halogens is 3. The highest BCUT2D eigenvalue weighted by atomic mass is 19.4. The van der Waals surface area contributed by atoms with Crippen LogP contribution in [-0.2, 0) is 17.5 Å². The molecule has 2 heterocycles. The van der Waals surface area contributed by atoms with E-state index in [4.69, 9.17) is 4.42 Å². The van der Waals surface area contributed by atoms with E-state index in [0.717, 1.165) is 17.0 Å². The lowest BCUT2D eigenvalue weighted by Gasteiger charge is -2.41. The molecule has 0 spiro atoms. The summed E-state index contributed by atoms with van der Waals surface area (Å²) in [4.78, 5) is 42.5. The maximum Gasteiger partial charge on any atom is 0.416 e. The number of likely N-dealkylation sites (N-methyl/N-ethyl adjacent to an activating group) is 1. The van der Waals surface area contributed by atoms with Gasteiger partial charge in [-0.1, -0.05) is 12.1 Å². The van der Waals surface area contributed by atoms with E-state index in [1.807, 2.05) is 6.07 Å². The zero-order chi connectivity index (χ0) is 27.9. The number of alkyl halides is 3. The molecule has 0 bridgehead atoms. The normalized spacial score (nSPS) is 17.4. The molecule has 0 saturated heterocycles. The van der Waals surface area contributed by atoms with Gasteiger partial charge in [0, 0.05) is 30.3 Å². The molecule has 1 unspecified atom stereocenters. The molecule has 1 aliphatic carbocycles. The van der Waals surface area contributed by atoms with Gasteiger partial charge in [-0.25, -0.2) is 4.79 Å². The Hall–Kier alpha value is -4.85. The Morgan fingerprint density at radius 2 is 1.92 bits per heavy atom. The monoisotopic (exact) mass is 534 g/mol. The Balaban J connectivity index is 1.60. The van der Waals surface area contributed by atoms with Crippen molar-refractivity contribution in [3.05, 3.63) is 100 Å². The number of hydrogen-bond donors (Lipinski definition) is 1. The average Bonchev–Trinajstić information content (AvgIpc) is 3.58. The first kappa shape index (κ1) is 25.8. The zero-order valence-electron chi connectivity index (χ0n) is 20.6. The fourth-order valence-corrected chi connectivity index (χ4v) is 4.97. The maximum atomic E-state index is 13.7. The molecule has 0 saturated carbocycles. The minimum Gasteiger partial charge on any atom is -0.467 e. The van der Waals surface area contributed by atoms with E-state index in [-0.39, 0.29) is 47.6 Å². The van der Waals surface area contributed by atoms with Crippen molar-refractivity contribution in [1.82, 2.24) is 10.2 Å². The number of carbonyl (C=O) groups excluding carboxylic acids is 3. The van der Waals surface area contributed by atoms with Crippen molar-refractivity contribution in [1.29, 1.82) is 5.26 Å². The van der Waals surface area contributed by atoms with Crippen LogP contribution in [-0.4, -0.2) is 29.7 Å². The number of nitrogens with zero attached hydrogens (tertiary/aromatic N) is 3. The first-order valence-corrected chi connectivity index (χ1v) is 11.9. The van der Waals surface area contributed by atoms with Gasteiger partial charge in [-0.15, -0.1) is 0 Å². The maximum absolute atomic E-state index is 13.7. The smallest absolute Gasteiger partial charge is 0.416 e. The standard InChI is InChI=1S/C28H21F3N4O4/c1-34-25(20-8-7-16(14-32)12-21(20)26(37)33-15-19-6-3-11-39-19)24-22(9-10-23(24)36)35(27(34)38)18-5-2-4-17(13-18)28(29,30)31/h2-8,11-13,25H,9-10,15H2,1H3,(H,33,37). The number of benzene rings is 2. The molecule has 8 nitrogen and oxygen atoms in total. The lowest BCUT2D eigenvalue weighted by atomic mass is 9.89. The summed E-state index contributed by atoms with van der Waals surface area (Å²) in [5.74, 6) is -0.330. The molecule has 0 radical (unpaired) electrons. The Kier molecular flexibility index (Phi) is 6.48. The number of Topliss-reactive ketones (excluding diaryl/α,β-unsaturated/α-hetero) is 1. The summed E-state index contributed by atoms with van der Waals surface area (Å²) in [5.41, 5.74) is 0.171. The molecule has 1 N–H and O–H groups in total. The van der Waals surface area contributed by atoms with Crippen LogP contribution in [0.25, 0.3) is 0 Å². The van der Waals surface area contributed by atoms with Gasteiger partial charge in [-0.2, -0.15) is 18.4 Å². The van der Waals surface area contributed by atoms with Gasteiger partial charge in [0.2, 0.25) is 0 Å². The fourth-order valence-electron chi connectivity index (χ4n) is 4.97. The molecule has 3 aromatic rings. The molecule has 2 aromatic carbocycles. The number of carbonyl (C=O) groups is 3. The lowest BCUT2D eigenvalue weighted by molar-refractivity contribution is -0.137. The summed E-state index contributed by atoms with van der Waals surface area (Å²) in [6, 6.07) is 12.4. The van der Waals surface area contributed by atoms with E-state index >= 15 is 0 Å². The number of hydrogen-bond acceptors (Lipinski definition) is 5. The van der Waals surface area contributed by atoms with E-state index in [9.17, 15) is 32.8 Å². The topological polar surface area (TPSA) is 107 Å². The fraction of sp³-hybridized carbons (Fsp3) is 0.214. The van der Waals surface area contributed by atoms with Gasteiger partial charge in [0.25, 0.3) is 5.91 Å². The highest BCUT2D eigenvalue weighted by Gasteiger charge is 2.45. The van der Waals surface area contributed by atoms with Crippen molar-refractivity contribution in [3.63, 3.8) is 0 Å². The lowest BCUT2D eigenvalue weighted by Crippen LogP contribution is -2.48. The number of allylic oxidation sites excluding steroid dienone is 1. The number of nitriles is 1. The molecule has 1 aromatic heterocycles. The SMILES string of the molecule is CN1C(=O)N(c2cccc(C(F)(F)F)c2)C2=C(C(=O)CC2)C1c1ccc(C#N)cc1C(=O)NCc1ccco1. The van der Waals surface area contributed by atoms with E-state index in [2.05, 4.69) is 5.32 Å². The predicted octanol–water partition coefficient (Wildman–Crippen LogP) is 5.33. The largest absolute Gasteiger partial charge is 0.467 e. The first-order valence-electron chi connectivity index (χ1n) is 11.9. The number of ketones is 1. The van der Waals surface area contributed by atoms with Gasteiger partial charge in [0.1, 0.15) is 5.76 Å². The van der Waals surface area contributed by atoms with Crippen LogP contribution in [0, 0.1) is 11.3 Å². The van der Waals surface area contributed by atoms with E-state index in [0.29, 0.717) is 17.0 Å². The second kappa shape index (κ2) is 9.79. The molecule has 198 valence electrons. The summed E-state index contributed by atoms with van der Waals surface area (Å²) in [6.07, 6.45) is -2.95. The second-order valence-corrected chi connectivity index (χ2v) is 9.14. The number of furan rings is 1. The first-order chi connectivity index (χ1) is 18.6. The summed E-state index contributed by atoms with van der Waals surface area (Å²) >= 11 is 0. The average molecular weight is 534 g/mol. The Morgan fingerprint density at radius 1 is 1.13 bits per heavy atom. The number of urea groups is 1. The molecule has 1 atom stereocenters. The van der Waals surface area contributed by atoms with Crippen LogP contribution in [0.5, 0.6) is 0 Å². The van der Waals surface area contributed by atoms with Gasteiger partial charge in [-0.3, -0.25) is 14.5 Å². The third-order valence-electron chi connectivity index (χ3n) is 6.78. The second-order valence-electron chi connectivity index (χ2n) is 9.14. The Labute approximate surface area is 220 Å². The van der Waals surface area contributed by atoms with Crippen LogP contribution in [0.2, 0.25) is 0 Å². The minimum atomic E-state index is -4.62. The molecule has 0 fully saturated rings. The molecule has 39 heavy (non-hydrogen) atoms. The number of nitrogens with one attached hydrogen (secondary N) is 1. The highest BCUT2D eigenvalue weighted by molar-refractivity contribution is 6.09. The number of anilines is 1. The molecule has 11 heteroatoms. The van der Waals surface area contributed by atoms with Crippen LogP contribution in [0.4, 0.5) is 23.7 Å². The van der Waals surface area contributed by atoms with Crippen molar-refractivity contribution >= 4 is 23.4 Å². The van der Waals surface area contributed by atoms with Crippen LogP contribution < -0.4 is 10.2 Å². The van der Waals surface area contributed by atoms with Crippen LogP contribution in [0.1, 0.15) is 51.7 Å². The van der Waals surface area contributed by atoms with Crippen LogP contribution in [0.15, 0.2) is 76.5 Å². The summed E-state index contributed by atoms with van der Waals surface area (Å²) < 4.78 is 45.5. The Morgan fingerprint density at radius 3 is 2.62 bits per heavy atom. The minimum absolute atomic E-state index is 0.0152. The van der Waals surface area contributed by atoms with Crippen molar-refractivity contribution < 1.29 is 32.0 Å². The van der Waals surface area contributed by atoms with Gasteiger partial charge in [0.05, 0.1) is 41.7 Å². The molecule has 2 aliphatic rings. The summed E-state index contributed by atoms with van der Waals surface area (Å²) in [6.45, 7) is 0.0672. The highest BCUT2D eigenvalue weighted by Crippen LogP contribution is 2.45. The van der Waals surface area contributed by atoms with E-state index in [1.54, 1.807) is 12.1 Å². The molecule has 1 aliphatic heterocycles. The third kappa shape index (κ3) is 4.65. The molecular weight excluding hydrogens is 513 g/mol. The van der Waals surface area contributed by atoms with Gasteiger partial charge >= 0.3 is 12.2 Å². The number of rotatable bonds is 5. The summed E-state index contributed by atoms with van der Waals surface area (Å²) in [5, 5.41) is 12.2. The van der Waals surface area contributed by atoms with Crippen molar-refractivity contribution in [2.45, 2.75) is 31.6 Å².